The minimum absolute atomic E-state index is 0.194. The largest absolute Gasteiger partial charge is 0.447 e. The smallest absolute Gasteiger partial charge is 0.416 e. The molecule has 0 aromatic heterocycles. The quantitative estimate of drug-likeness (QED) is 0.570. The number of carbonyl (C=O) groups is 2. The van der Waals surface area contributed by atoms with Gasteiger partial charge in [0.15, 0.2) is 0 Å². The number of rotatable bonds is 5. The van der Waals surface area contributed by atoms with Crippen LogP contribution in [0.5, 0.6) is 0 Å². The lowest BCUT2D eigenvalue weighted by atomic mass is 9.88. The van der Waals surface area contributed by atoms with Crippen molar-refractivity contribution in [1.82, 2.24) is 4.90 Å². The van der Waals surface area contributed by atoms with Gasteiger partial charge in [0.1, 0.15) is 6.61 Å². The van der Waals surface area contributed by atoms with Gasteiger partial charge in [-0.15, -0.1) is 0 Å². The standard InChI is InChI=1S/C27H26N2O4/c1-19-24(26(30)28-23(18-32-27(28)31)17-20-11-5-2-6-12-20)25(21-13-7-3-8-14-21)29(33-19)22-15-9-4-10-16-22/h2-16,19,23-25H,17-18H2,1H3/t19-,23-,24-,25+/m0/s1. The molecule has 2 aliphatic heterocycles. The van der Waals surface area contributed by atoms with Crippen LogP contribution in [0.1, 0.15) is 24.1 Å². The average Bonchev–Trinajstić information content (AvgIpc) is 3.40. The SMILES string of the molecule is C[C@@H]1ON(c2ccccc2)[C@H](c2ccccc2)[C@H]1C(=O)N1C(=O)OC[C@@H]1Cc1ccccc1. The Morgan fingerprint density at radius 1 is 0.909 bits per heavy atom. The van der Waals surface area contributed by atoms with Gasteiger partial charge in [-0.1, -0.05) is 78.9 Å². The van der Waals surface area contributed by atoms with Crippen molar-refractivity contribution in [3.8, 4) is 0 Å². The van der Waals surface area contributed by atoms with Crippen LogP contribution in [0.25, 0.3) is 0 Å². The molecule has 33 heavy (non-hydrogen) atoms. The van der Waals surface area contributed by atoms with Gasteiger partial charge in [0.2, 0.25) is 5.91 Å². The van der Waals surface area contributed by atoms with Gasteiger partial charge in [-0.25, -0.2) is 14.8 Å². The highest BCUT2D eigenvalue weighted by Gasteiger charge is 2.51. The summed E-state index contributed by atoms with van der Waals surface area (Å²) in [6.07, 6.45) is -0.453. The number of anilines is 1. The lowest BCUT2D eigenvalue weighted by Gasteiger charge is -2.29. The second kappa shape index (κ2) is 9.08. The minimum atomic E-state index is -0.585. The Kier molecular flexibility index (Phi) is 5.84. The molecule has 0 spiro atoms. The molecule has 2 amide bonds. The summed E-state index contributed by atoms with van der Waals surface area (Å²) in [6, 6.07) is 28.7. The lowest BCUT2D eigenvalue weighted by molar-refractivity contribution is -0.135. The Labute approximate surface area is 193 Å². The molecule has 3 aromatic carbocycles. The first kappa shape index (κ1) is 21.2. The fraction of sp³-hybridized carbons (Fsp3) is 0.259. The molecule has 0 aliphatic carbocycles. The van der Waals surface area contributed by atoms with E-state index in [0.717, 1.165) is 16.8 Å². The summed E-state index contributed by atoms with van der Waals surface area (Å²) in [5, 5.41) is 1.80. The van der Waals surface area contributed by atoms with Crippen LogP contribution in [0.15, 0.2) is 91.0 Å². The van der Waals surface area contributed by atoms with E-state index in [4.69, 9.17) is 9.57 Å². The van der Waals surface area contributed by atoms with Crippen LogP contribution in [-0.4, -0.2) is 35.7 Å². The first-order chi connectivity index (χ1) is 16.1. The van der Waals surface area contributed by atoms with Crippen LogP contribution in [-0.2, 0) is 20.8 Å². The zero-order valence-electron chi connectivity index (χ0n) is 18.4. The van der Waals surface area contributed by atoms with Crippen molar-refractivity contribution >= 4 is 17.7 Å². The van der Waals surface area contributed by atoms with Gasteiger partial charge in [-0.2, -0.15) is 0 Å². The van der Waals surface area contributed by atoms with E-state index in [1.165, 1.54) is 4.90 Å². The van der Waals surface area contributed by atoms with E-state index in [0.29, 0.717) is 6.42 Å². The van der Waals surface area contributed by atoms with Crippen LogP contribution in [0, 0.1) is 5.92 Å². The van der Waals surface area contributed by atoms with Gasteiger partial charge in [-0.05, 0) is 36.6 Å². The van der Waals surface area contributed by atoms with E-state index >= 15 is 0 Å². The predicted molar refractivity (Wildman–Crippen MR) is 124 cm³/mol. The molecule has 6 nitrogen and oxygen atoms in total. The summed E-state index contributed by atoms with van der Waals surface area (Å²) in [6.45, 7) is 2.08. The monoisotopic (exact) mass is 442 g/mol. The Morgan fingerprint density at radius 2 is 1.52 bits per heavy atom. The summed E-state index contributed by atoms with van der Waals surface area (Å²) in [5.74, 6) is -0.838. The van der Waals surface area contributed by atoms with Crippen molar-refractivity contribution in [1.29, 1.82) is 0 Å². The van der Waals surface area contributed by atoms with Crippen molar-refractivity contribution < 1.29 is 19.2 Å². The average molecular weight is 443 g/mol. The first-order valence-electron chi connectivity index (χ1n) is 11.2. The van der Waals surface area contributed by atoms with Crippen molar-refractivity contribution in [2.75, 3.05) is 11.7 Å². The maximum Gasteiger partial charge on any atom is 0.416 e. The number of nitrogens with zero attached hydrogens (tertiary/aromatic N) is 2. The van der Waals surface area contributed by atoms with Crippen LogP contribution < -0.4 is 5.06 Å². The molecular formula is C27H26N2O4. The topological polar surface area (TPSA) is 59.1 Å². The Hall–Kier alpha value is -3.64. The second-order valence-corrected chi connectivity index (χ2v) is 8.48. The van der Waals surface area contributed by atoms with Gasteiger partial charge in [-0.3, -0.25) is 9.63 Å². The third kappa shape index (κ3) is 4.10. The zero-order chi connectivity index (χ0) is 22.8. The first-order valence-corrected chi connectivity index (χ1v) is 11.2. The Balaban J connectivity index is 1.49. The second-order valence-electron chi connectivity index (χ2n) is 8.48. The molecule has 168 valence electrons. The van der Waals surface area contributed by atoms with Crippen molar-refractivity contribution in [2.24, 2.45) is 5.92 Å². The van der Waals surface area contributed by atoms with Crippen molar-refractivity contribution in [3.05, 3.63) is 102 Å². The van der Waals surface area contributed by atoms with E-state index in [9.17, 15) is 9.59 Å². The summed E-state index contributed by atoms with van der Waals surface area (Å²) in [7, 11) is 0. The predicted octanol–water partition coefficient (Wildman–Crippen LogP) is 4.77. The molecule has 0 saturated carbocycles. The van der Waals surface area contributed by atoms with E-state index in [-0.39, 0.29) is 24.6 Å². The number of cyclic esters (lactones) is 1. The molecule has 5 rings (SSSR count). The molecule has 0 unspecified atom stereocenters. The van der Waals surface area contributed by atoms with E-state index in [1.807, 2.05) is 97.9 Å². The number of ether oxygens (including phenoxy) is 1. The van der Waals surface area contributed by atoms with Crippen LogP contribution >= 0.6 is 0 Å². The number of para-hydroxylation sites is 1. The molecule has 4 atom stereocenters. The summed E-state index contributed by atoms with van der Waals surface area (Å²) >= 11 is 0. The Bertz CT molecular complexity index is 1110. The van der Waals surface area contributed by atoms with Gasteiger partial charge < -0.3 is 4.74 Å². The zero-order valence-corrected chi connectivity index (χ0v) is 18.4. The highest BCUT2D eigenvalue weighted by atomic mass is 16.7. The molecule has 3 aromatic rings. The van der Waals surface area contributed by atoms with E-state index in [2.05, 4.69) is 0 Å². The fourth-order valence-electron chi connectivity index (χ4n) is 4.77. The number of imide groups is 1. The number of carbonyl (C=O) groups excluding carboxylic acids is 2. The highest BCUT2D eigenvalue weighted by Crippen LogP contribution is 2.43. The van der Waals surface area contributed by atoms with E-state index < -0.39 is 18.1 Å². The van der Waals surface area contributed by atoms with E-state index in [1.54, 1.807) is 5.06 Å². The molecular weight excluding hydrogens is 416 g/mol. The molecule has 2 fully saturated rings. The van der Waals surface area contributed by atoms with Gasteiger partial charge in [0.05, 0.1) is 29.8 Å². The lowest BCUT2D eigenvalue weighted by Crippen LogP contribution is -2.46. The summed E-state index contributed by atoms with van der Waals surface area (Å²) in [5.41, 5.74) is 2.87. The van der Waals surface area contributed by atoms with Crippen molar-refractivity contribution in [2.45, 2.75) is 31.5 Å². The Morgan fingerprint density at radius 3 is 2.18 bits per heavy atom. The van der Waals surface area contributed by atoms with Crippen LogP contribution in [0.2, 0.25) is 0 Å². The van der Waals surface area contributed by atoms with Crippen molar-refractivity contribution in [3.63, 3.8) is 0 Å². The van der Waals surface area contributed by atoms with Gasteiger partial charge >= 0.3 is 6.09 Å². The van der Waals surface area contributed by atoms with Crippen LogP contribution in [0.4, 0.5) is 10.5 Å². The molecule has 2 heterocycles. The third-order valence-electron chi connectivity index (χ3n) is 6.33. The fourth-order valence-corrected chi connectivity index (χ4v) is 4.77. The number of hydrogen-bond donors (Lipinski definition) is 0. The maximum absolute atomic E-state index is 13.9. The van der Waals surface area contributed by atoms with Gasteiger partial charge in [0, 0.05) is 0 Å². The number of hydroxylamine groups is 1. The molecule has 0 bridgehead atoms. The highest BCUT2D eigenvalue weighted by molar-refractivity contribution is 5.96. The molecule has 0 N–H and O–H groups in total. The third-order valence-corrected chi connectivity index (χ3v) is 6.33. The van der Waals surface area contributed by atoms with Gasteiger partial charge in [0.25, 0.3) is 0 Å². The summed E-state index contributed by atoms with van der Waals surface area (Å²) in [4.78, 5) is 34.2. The molecule has 2 saturated heterocycles. The number of amides is 2. The van der Waals surface area contributed by atoms with Crippen LogP contribution in [0.3, 0.4) is 0 Å². The normalized spacial score (nSPS) is 24.7. The number of hydrogen-bond acceptors (Lipinski definition) is 5. The summed E-state index contributed by atoms with van der Waals surface area (Å²) < 4.78 is 5.33. The molecule has 0 radical (unpaired) electrons. The number of benzene rings is 3. The molecule has 6 heteroatoms. The minimum Gasteiger partial charge on any atom is -0.447 e. The molecule has 2 aliphatic rings. The maximum atomic E-state index is 13.9.